The van der Waals surface area contributed by atoms with Crippen LogP contribution in [0.2, 0.25) is 0 Å². The van der Waals surface area contributed by atoms with Crippen molar-refractivity contribution >= 4 is 0 Å². The lowest BCUT2D eigenvalue weighted by atomic mass is 9.92. The summed E-state index contributed by atoms with van der Waals surface area (Å²) < 4.78 is 0. The summed E-state index contributed by atoms with van der Waals surface area (Å²) in [6.07, 6.45) is 3.63. The molecule has 1 N–H and O–H groups in total. The van der Waals surface area contributed by atoms with Gasteiger partial charge in [0.15, 0.2) is 0 Å². The molecule has 0 bridgehead atoms. The maximum Gasteiger partial charge on any atom is 0.0661 e. The van der Waals surface area contributed by atoms with E-state index in [2.05, 4.69) is 11.4 Å². The Balaban J connectivity index is 1.99. The molecule has 1 aliphatic heterocycles. The van der Waals surface area contributed by atoms with Gasteiger partial charge in [0.25, 0.3) is 0 Å². The van der Waals surface area contributed by atoms with Crippen LogP contribution in [0.3, 0.4) is 0 Å². The maximum atomic E-state index is 8.65. The minimum Gasteiger partial charge on any atom is -0.317 e. The predicted octanol–water partition coefficient (Wildman–Crippen LogP) is 0.900. The normalized spacial score (nSPS) is 35.3. The Morgan fingerprint density at radius 2 is 2.10 bits per heavy atom. The number of rotatable bonds is 0. The van der Waals surface area contributed by atoms with Gasteiger partial charge in [-0.15, -0.1) is 0 Å². The molecule has 1 heterocycles. The number of hydrogen-bond donors (Lipinski definition) is 1. The van der Waals surface area contributed by atoms with Gasteiger partial charge in [-0.3, -0.25) is 0 Å². The van der Waals surface area contributed by atoms with Crippen LogP contribution in [-0.2, 0) is 0 Å². The lowest BCUT2D eigenvalue weighted by Gasteiger charge is -2.21. The molecule has 2 nitrogen and oxygen atoms in total. The zero-order valence-electron chi connectivity index (χ0n) is 6.06. The molecule has 1 saturated carbocycles. The molecule has 1 spiro atoms. The molecule has 54 valence electrons. The van der Waals surface area contributed by atoms with Gasteiger partial charge in [-0.2, -0.15) is 5.26 Å². The van der Waals surface area contributed by atoms with Crippen molar-refractivity contribution in [2.75, 3.05) is 13.1 Å². The van der Waals surface area contributed by atoms with Crippen LogP contribution in [0.4, 0.5) is 0 Å². The van der Waals surface area contributed by atoms with Crippen molar-refractivity contribution in [3.63, 3.8) is 0 Å². The van der Waals surface area contributed by atoms with Gasteiger partial charge in [0, 0.05) is 0 Å². The fourth-order valence-corrected chi connectivity index (χ4v) is 2.01. The van der Waals surface area contributed by atoms with E-state index in [1.54, 1.807) is 0 Å². The Labute approximate surface area is 61.2 Å². The lowest BCUT2D eigenvalue weighted by Crippen LogP contribution is -2.29. The molecule has 0 aromatic rings. The monoisotopic (exact) mass is 136 g/mol. The van der Waals surface area contributed by atoms with Gasteiger partial charge in [-0.1, -0.05) is 0 Å². The second-order valence-corrected chi connectivity index (χ2v) is 3.50. The summed E-state index contributed by atoms with van der Waals surface area (Å²) in [5, 5.41) is 12.0. The van der Waals surface area contributed by atoms with Crippen molar-refractivity contribution in [3.05, 3.63) is 0 Å². The summed E-state index contributed by atoms with van der Waals surface area (Å²) in [5.41, 5.74) is 0.472. The van der Waals surface area contributed by atoms with Gasteiger partial charge >= 0.3 is 0 Å². The highest BCUT2D eigenvalue weighted by Gasteiger charge is 2.54. The van der Waals surface area contributed by atoms with E-state index in [1.807, 2.05) is 0 Å². The first kappa shape index (κ1) is 6.18. The molecule has 1 saturated heterocycles. The smallest absolute Gasteiger partial charge is 0.0661 e. The summed E-state index contributed by atoms with van der Waals surface area (Å²) in [5.74, 6) is 0.398. The fourth-order valence-electron chi connectivity index (χ4n) is 2.01. The van der Waals surface area contributed by atoms with Crippen molar-refractivity contribution in [2.24, 2.45) is 11.3 Å². The second-order valence-electron chi connectivity index (χ2n) is 3.50. The van der Waals surface area contributed by atoms with E-state index in [4.69, 9.17) is 5.26 Å². The SMILES string of the molecule is N#CC1CC12CCNCC2. The summed E-state index contributed by atoms with van der Waals surface area (Å²) >= 11 is 0. The van der Waals surface area contributed by atoms with Crippen molar-refractivity contribution in [1.29, 1.82) is 5.26 Å². The van der Waals surface area contributed by atoms with E-state index >= 15 is 0 Å². The molecule has 2 fully saturated rings. The highest BCUT2D eigenvalue weighted by molar-refractivity contribution is 5.13. The summed E-state index contributed by atoms with van der Waals surface area (Å²) in [6, 6.07) is 2.37. The minimum absolute atomic E-state index is 0.398. The van der Waals surface area contributed by atoms with Crippen molar-refractivity contribution in [1.82, 2.24) is 5.32 Å². The van der Waals surface area contributed by atoms with E-state index in [9.17, 15) is 0 Å². The molecule has 0 amide bonds. The molecular formula is C8H12N2. The molecule has 2 heteroatoms. The zero-order chi connectivity index (χ0) is 7.03. The number of hydrogen-bond acceptors (Lipinski definition) is 2. The summed E-state index contributed by atoms with van der Waals surface area (Å²) in [4.78, 5) is 0. The molecule has 10 heavy (non-hydrogen) atoms. The van der Waals surface area contributed by atoms with Gasteiger partial charge in [0.2, 0.25) is 0 Å². The molecule has 0 aromatic carbocycles. The Hall–Kier alpha value is -0.550. The first-order valence-corrected chi connectivity index (χ1v) is 3.98. The number of nitriles is 1. The number of piperidine rings is 1. The lowest BCUT2D eigenvalue weighted by molar-refractivity contribution is 0.338. The highest BCUT2D eigenvalue weighted by atomic mass is 14.9. The van der Waals surface area contributed by atoms with Gasteiger partial charge < -0.3 is 5.32 Å². The van der Waals surface area contributed by atoms with E-state index < -0.39 is 0 Å². The average Bonchev–Trinajstić information content (AvgIpc) is 2.65. The van der Waals surface area contributed by atoms with Crippen LogP contribution in [0.15, 0.2) is 0 Å². The van der Waals surface area contributed by atoms with Crippen LogP contribution in [0.25, 0.3) is 0 Å². The predicted molar refractivity (Wildman–Crippen MR) is 38.3 cm³/mol. The van der Waals surface area contributed by atoms with Crippen LogP contribution in [0, 0.1) is 22.7 Å². The van der Waals surface area contributed by atoms with E-state index in [1.165, 1.54) is 19.3 Å². The van der Waals surface area contributed by atoms with E-state index in [0.717, 1.165) is 13.1 Å². The van der Waals surface area contributed by atoms with Gasteiger partial charge in [-0.05, 0) is 37.8 Å². The zero-order valence-corrected chi connectivity index (χ0v) is 6.06. The van der Waals surface area contributed by atoms with E-state index in [0.29, 0.717) is 11.3 Å². The highest BCUT2D eigenvalue weighted by Crippen LogP contribution is 2.57. The van der Waals surface area contributed by atoms with Crippen LogP contribution in [-0.4, -0.2) is 13.1 Å². The third kappa shape index (κ3) is 0.741. The molecule has 1 atom stereocenters. The minimum atomic E-state index is 0.398. The first-order chi connectivity index (χ1) is 4.87. The van der Waals surface area contributed by atoms with E-state index in [-0.39, 0.29) is 0 Å². The number of nitrogens with one attached hydrogen (secondary N) is 1. The Morgan fingerprint density at radius 3 is 2.60 bits per heavy atom. The molecule has 2 rings (SSSR count). The summed E-state index contributed by atoms with van der Waals surface area (Å²) in [6.45, 7) is 2.25. The topological polar surface area (TPSA) is 35.8 Å². The van der Waals surface area contributed by atoms with Gasteiger partial charge in [0.05, 0.1) is 12.0 Å². The molecule has 2 aliphatic rings. The molecule has 0 aromatic heterocycles. The van der Waals surface area contributed by atoms with Crippen LogP contribution < -0.4 is 5.32 Å². The second kappa shape index (κ2) is 1.96. The van der Waals surface area contributed by atoms with Crippen LogP contribution in [0.1, 0.15) is 19.3 Å². The van der Waals surface area contributed by atoms with Crippen molar-refractivity contribution in [3.8, 4) is 6.07 Å². The average molecular weight is 136 g/mol. The fraction of sp³-hybridized carbons (Fsp3) is 0.875. The Bertz CT molecular complexity index is 174. The largest absolute Gasteiger partial charge is 0.317 e. The standard InChI is InChI=1S/C8H12N2/c9-6-7-5-8(7)1-3-10-4-2-8/h7,10H,1-5H2. The molecular weight excluding hydrogens is 124 g/mol. The van der Waals surface area contributed by atoms with Crippen LogP contribution >= 0.6 is 0 Å². The third-order valence-electron chi connectivity index (χ3n) is 2.94. The van der Waals surface area contributed by atoms with Gasteiger partial charge in [-0.25, -0.2) is 0 Å². The van der Waals surface area contributed by atoms with Crippen molar-refractivity contribution < 1.29 is 0 Å². The maximum absolute atomic E-state index is 8.65. The number of nitrogens with zero attached hydrogens (tertiary/aromatic N) is 1. The quantitative estimate of drug-likeness (QED) is 0.537. The molecule has 0 radical (unpaired) electrons. The van der Waals surface area contributed by atoms with Crippen molar-refractivity contribution in [2.45, 2.75) is 19.3 Å². The van der Waals surface area contributed by atoms with Gasteiger partial charge in [0.1, 0.15) is 0 Å². The molecule has 1 aliphatic carbocycles. The summed E-state index contributed by atoms with van der Waals surface area (Å²) in [7, 11) is 0. The third-order valence-corrected chi connectivity index (χ3v) is 2.94. The Kier molecular flexibility index (Phi) is 1.21. The Morgan fingerprint density at radius 1 is 1.40 bits per heavy atom. The first-order valence-electron chi connectivity index (χ1n) is 3.98. The molecule has 1 unspecified atom stereocenters. The van der Waals surface area contributed by atoms with Crippen LogP contribution in [0.5, 0.6) is 0 Å².